The highest BCUT2D eigenvalue weighted by Gasteiger charge is 2.34. The van der Waals surface area contributed by atoms with Gasteiger partial charge in [-0.15, -0.1) is 0 Å². The Hall–Kier alpha value is -1.27. The molecule has 20 heavy (non-hydrogen) atoms. The highest BCUT2D eigenvalue weighted by molar-refractivity contribution is 5.38. The molecular formula is C14H20F3NO2. The molecule has 3 nitrogen and oxygen atoms in total. The van der Waals surface area contributed by atoms with Gasteiger partial charge in [0, 0.05) is 19.7 Å². The van der Waals surface area contributed by atoms with E-state index >= 15 is 0 Å². The molecule has 0 aliphatic rings. The van der Waals surface area contributed by atoms with E-state index in [0.717, 1.165) is 18.7 Å². The van der Waals surface area contributed by atoms with Gasteiger partial charge in [-0.3, -0.25) is 4.90 Å². The third-order valence-corrected chi connectivity index (χ3v) is 2.98. The minimum Gasteiger partial charge on any atom is -0.507 e. The molecule has 0 spiro atoms. The Morgan fingerprint density at radius 3 is 2.50 bits per heavy atom. The predicted octanol–water partition coefficient (Wildman–Crippen LogP) is 3.27. The lowest BCUT2D eigenvalue weighted by Gasteiger charge is -2.21. The van der Waals surface area contributed by atoms with Crippen LogP contribution in [0.4, 0.5) is 13.2 Å². The van der Waals surface area contributed by atoms with Gasteiger partial charge in [0.1, 0.15) is 5.75 Å². The zero-order valence-electron chi connectivity index (χ0n) is 11.7. The first-order chi connectivity index (χ1) is 9.38. The summed E-state index contributed by atoms with van der Waals surface area (Å²) in [7, 11) is 0. The van der Waals surface area contributed by atoms with Gasteiger partial charge in [0.2, 0.25) is 0 Å². The van der Waals surface area contributed by atoms with Gasteiger partial charge in [0.15, 0.2) is 0 Å². The molecule has 1 aromatic rings. The van der Waals surface area contributed by atoms with Crippen LogP contribution in [0.3, 0.4) is 0 Å². The molecule has 0 aliphatic heterocycles. The van der Waals surface area contributed by atoms with E-state index in [2.05, 4.69) is 0 Å². The average Bonchev–Trinajstić information content (AvgIpc) is 2.38. The molecule has 0 unspecified atom stereocenters. The van der Waals surface area contributed by atoms with Crippen molar-refractivity contribution in [2.75, 3.05) is 26.3 Å². The van der Waals surface area contributed by atoms with Crippen LogP contribution in [0.25, 0.3) is 0 Å². The van der Waals surface area contributed by atoms with E-state index in [0.29, 0.717) is 31.9 Å². The lowest BCUT2D eigenvalue weighted by Crippen LogP contribution is -2.27. The summed E-state index contributed by atoms with van der Waals surface area (Å²) in [6, 6.07) is 3.60. The Morgan fingerprint density at radius 1 is 1.25 bits per heavy atom. The summed E-state index contributed by atoms with van der Waals surface area (Å²) < 4.78 is 43.3. The van der Waals surface area contributed by atoms with Gasteiger partial charge in [-0.25, -0.2) is 0 Å². The van der Waals surface area contributed by atoms with E-state index in [1.54, 1.807) is 0 Å². The number of halogens is 3. The summed E-state index contributed by atoms with van der Waals surface area (Å²) in [5.74, 6) is -0.737. The van der Waals surface area contributed by atoms with Gasteiger partial charge in [-0.05, 0) is 31.2 Å². The molecule has 0 aliphatic carbocycles. The van der Waals surface area contributed by atoms with Crippen molar-refractivity contribution >= 4 is 0 Å². The highest BCUT2D eigenvalue weighted by Crippen LogP contribution is 2.36. The molecule has 0 saturated heterocycles. The normalized spacial score (nSPS) is 12.1. The third kappa shape index (κ3) is 5.02. The summed E-state index contributed by atoms with van der Waals surface area (Å²) in [4.78, 5) is 1.99. The molecule has 0 heterocycles. The van der Waals surface area contributed by atoms with Crippen LogP contribution in [-0.2, 0) is 17.5 Å². The Balaban J connectivity index is 2.76. The van der Waals surface area contributed by atoms with E-state index in [1.165, 1.54) is 6.07 Å². The number of benzene rings is 1. The number of rotatable bonds is 7. The molecule has 0 atom stereocenters. The van der Waals surface area contributed by atoms with Crippen molar-refractivity contribution in [3.05, 3.63) is 29.3 Å². The Morgan fingerprint density at radius 2 is 1.95 bits per heavy atom. The summed E-state index contributed by atoms with van der Waals surface area (Å²) >= 11 is 0. The first kappa shape index (κ1) is 16.8. The molecule has 0 radical (unpaired) electrons. The van der Waals surface area contributed by atoms with Gasteiger partial charge < -0.3 is 9.84 Å². The van der Waals surface area contributed by atoms with Crippen LogP contribution in [0.15, 0.2) is 18.2 Å². The molecule has 0 aromatic heterocycles. The van der Waals surface area contributed by atoms with Crippen molar-refractivity contribution in [3.8, 4) is 5.75 Å². The number of aromatic hydroxyl groups is 1. The fourth-order valence-corrected chi connectivity index (χ4v) is 1.85. The largest absolute Gasteiger partial charge is 0.507 e. The Kier molecular flexibility index (Phi) is 6.29. The molecule has 0 fully saturated rings. The van der Waals surface area contributed by atoms with E-state index < -0.39 is 17.5 Å². The molecule has 0 saturated carbocycles. The average molecular weight is 291 g/mol. The van der Waals surface area contributed by atoms with Crippen molar-refractivity contribution in [2.24, 2.45) is 0 Å². The summed E-state index contributed by atoms with van der Waals surface area (Å²) in [6.45, 7) is 6.78. The second kappa shape index (κ2) is 7.50. The smallest absolute Gasteiger partial charge is 0.419 e. The number of phenols is 1. The monoisotopic (exact) mass is 291 g/mol. The van der Waals surface area contributed by atoms with E-state index in [4.69, 9.17) is 4.74 Å². The molecule has 1 N–H and O–H groups in total. The number of ether oxygens (including phenoxy) is 1. The number of nitrogens with zero attached hydrogens (tertiary/aromatic N) is 1. The second-order valence-corrected chi connectivity index (χ2v) is 4.41. The summed E-state index contributed by atoms with van der Waals surface area (Å²) in [5, 5.41) is 9.28. The van der Waals surface area contributed by atoms with Crippen LogP contribution in [0.2, 0.25) is 0 Å². The number of hydrogen-bond acceptors (Lipinski definition) is 3. The second-order valence-electron chi connectivity index (χ2n) is 4.41. The molecule has 0 bridgehead atoms. The molecule has 1 rings (SSSR count). The minimum atomic E-state index is -4.54. The Bertz CT molecular complexity index is 421. The minimum absolute atomic E-state index is 0.396. The van der Waals surface area contributed by atoms with Crippen molar-refractivity contribution in [3.63, 3.8) is 0 Å². The fraction of sp³-hybridized carbons (Fsp3) is 0.571. The zero-order chi connectivity index (χ0) is 15.2. The SMILES string of the molecule is CCOCCN(CC)Cc1ccc(O)c(C(F)(F)F)c1. The van der Waals surface area contributed by atoms with Crippen LogP contribution < -0.4 is 0 Å². The first-order valence-electron chi connectivity index (χ1n) is 6.57. The van der Waals surface area contributed by atoms with Gasteiger partial charge in [0.05, 0.1) is 12.2 Å². The van der Waals surface area contributed by atoms with E-state index in [9.17, 15) is 18.3 Å². The van der Waals surface area contributed by atoms with Crippen LogP contribution in [-0.4, -0.2) is 36.3 Å². The van der Waals surface area contributed by atoms with Crippen LogP contribution >= 0.6 is 0 Å². The van der Waals surface area contributed by atoms with E-state index in [1.807, 2.05) is 18.7 Å². The maximum Gasteiger partial charge on any atom is 0.419 e. The number of alkyl halides is 3. The number of phenolic OH excluding ortho intramolecular Hbond substituents is 1. The van der Waals surface area contributed by atoms with Crippen molar-refractivity contribution in [1.29, 1.82) is 0 Å². The first-order valence-corrected chi connectivity index (χ1v) is 6.57. The standard InChI is InChI=1S/C14H20F3NO2/c1-3-18(7-8-20-4-2)10-11-5-6-13(19)12(9-11)14(15,16)17/h5-6,9,19H,3-4,7-8,10H2,1-2H3. The number of likely N-dealkylation sites (N-methyl/N-ethyl adjacent to an activating group) is 1. The molecule has 0 amide bonds. The van der Waals surface area contributed by atoms with Crippen LogP contribution in [0, 0.1) is 0 Å². The molecule has 1 aromatic carbocycles. The van der Waals surface area contributed by atoms with Crippen molar-refractivity contribution < 1.29 is 23.0 Å². The van der Waals surface area contributed by atoms with Gasteiger partial charge in [0.25, 0.3) is 0 Å². The zero-order valence-corrected chi connectivity index (χ0v) is 11.7. The van der Waals surface area contributed by atoms with Gasteiger partial charge >= 0.3 is 6.18 Å². The quantitative estimate of drug-likeness (QED) is 0.783. The lowest BCUT2D eigenvalue weighted by atomic mass is 10.1. The van der Waals surface area contributed by atoms with E-state index in [-0.39, 0.29) is 0 Å². The van der Waals surface area contributed by atoms with Crippen LogP contribution in [0.5, 0.6) is 5.75 Å². The molecule has 114 valence electrons. The fourth-order valence-electron chi connectivity index (χ4n) is 1.85. The highest BCUT2D eigenvalue weighted by atomic mass is 19.4. The van der Waals surface area contributed by atoms with Crippen molar-refractivity contribution in [1.82, 2.24) is 4.90 Å². The summed E-state index contributed by atoms with van der Waals surface area (Å²) in [6.07, 6.45) is -4.54. The van der Waals surface area contributed by atoms with Crippen molar-refractivity contribution in [2.45, 2.75) is 26.6 Å². The molecule has 6 heteroatoms. The maximum atomic E-state index is 12.7. The maximum absolute atomic E-state index is 12.7. The topological polar surface area (TPSA) is 32.7 Å². The summed E-state index contributed by atoms with van der Waals surface area (Å²) in [5.41, 5.74) is -0.468. The predicted molar refractivity (Wildman–Crippen MR) is 70.6 cm³/mol. The number of hydrogen-bond donors (Lipinski definition) is 1. The van der Waals surface area contributed by atoms with Gasteiger partial charge in [-0.1, -0.05) is 13.0 Å². The lowest BCUT2D eigenvalue weighted by molar-refractivity contribution is -0.138. The van der Waals surface area contributed by atoms with Gasteiger partial charge in [-0.2, -0.15) is 13.2 Å². The molecular weight excluding hydrogens is 271 g/mol. The Labute approximate surface area is 117 Å². The van der Waals surface area contributed by atoms with Crippen LogP contribution in [0.1, 0.15) is 25.0 Å². The third-order valence-electron chi connectivity index (χ3n) is 2.98.